The monoisotopic (exact) mass is 394 g/mol. The lowest BCUT2D eigenvalue weighted by molar-refractivity contribution is -0.131. The van der Waals surface area contributed by atoms with Gasteiger partial charge in [-0.05, 0) is 25.7 Å². The van der Waals surface area contributed by atoms with E-state index < -0.39 is 31.5 Å². The molecule has 5 rings (SSSR count). The number of carbonyl (C=O) groups is 2. The molecule has 0 unspecified atom stereocenters. The van der Waals surface area contributed by atoms with Crippen molar-refractivity contribution in [2.45, 2.75) is 25.7 Å². The number of ketones is 2. The molecule has 0 saturated heterocycles. The minimum atomic E-state index is -3.16. The highest BCUT2D eigenvalue weighted by Crippen LogP contribution is 2.48. The molecular formula is C18H18O6S2. The number of sulfone groups is 2. The second-order valence-corrected chi connectivity index (χ2v) is 12.3. The van der Waals surface area contributed by atoms with Gasteiger partial charge in [0, 0.05) is 23.0 Å². The number of rotatable bonds is 0. The van der Waals surface area contributed by atoms with E-state index in [1.165, 1.54) is 0 Å². The lowest BCUT2D eigenvalue weighted by Crippen LogP contribution is -2.41. The van der Waals surface area contributed by atoms with E-state index in [1.54, 1.807) is 0 Å². The van der Waals surface area contributed by atoms with E-state index in [0.29, 0.717) is 24.0 Å². The van der Waals surface area contributed by atoms with Crippen LogP contribution in [0.4, 0.5) is 0 Å². The first kappa shape index (κ1) is 16.6. The zero-order valence-electron chi connectivity index (χ0n) is 14.1. The third kappa shape index (κ3) is 2.34. The fourth-order valence-electron chi connectivity index (χ4n) is 5.26. The molecule has 0 spiro atoms. The van der Waals surface area contributed by atoms with Crippen LogP contribution in [-0.2, 0) is 29.3 Å². The molecular weight excluding hydrogens is 376 g/mol. The Morgan fingerprint density at radius 3 is 1.31 bits per heavy atom. The molecule has 5 aliphatic rings. The van der Waals surface area contributed by atoms with Gasteiger partial charge in [0.1, 0.15) is 0 Å². The molecule has 0 N–H and O–H groups in total. The summed E-state index contributed by atoms with van der Waals surface area (Å²) in [5.74, 6) is -1.11. The average Bonchev–Trinajstić information content (AvgIpc) is 3.01. The predicted molar refractivity (Wildman–Crippen MR) is 93.8 cm³/mol. The first-order chi connectivity index (χ1) is 12.1. The van der Waals surface area contributed by atoms with Crippen LogP contribution in [0, 0.1) is 11.8 Å². The highest BCUT2D eigenvalue weighted by atomic mass is 32.2. The van der Waals surface area contributed by atoms with Crippen molar-refractivity contribution < 1.29 is 26.4 Å². The van der Waals surface area contributed by atoms with Crippen molar-refractivity contribution in [3.05, 3.63) is 33.4 Å². The molecule has 6 nitrogen and oxygen atoms in total. The zero-order chi connectivity index (χ0) is 18.4. The Labute approximate surface area is 151 Å². The maximum absolute atomic E-state index is 13.1. The van der Waals surface area contributed by atoms with Crippen LogP contribution in [0.25, 0.3) is 0 Å². The minimum absolute atomic E-state index is 0.00642. The molecule has 2 aliphatic heterocycles. The van der Waals surface area contributed by atoms with Crippen molar-refractivity contribution in [3.8, 4) is 0 Å². The third-order valence-corrected chi connectivity index (χ3v) is 9.56. The Morgan fingerprint density at radius 1 is 0.577 bits per heavy atom. The Hall–Kier alpha value is -1.54. The van der Waals surface area contributed by atoms with Crippen molar-refractivity contribution in [1.29, 1.82) is 0 Å². The fourth-order valence-corrected chi connectivity index (χ4v) is 8.84. The number of hydrogen-bond acceptors (Lipinski definition) is 6. The van der Waals surface area contributed by atoms with Crippen LogP contribution in [0.2, 0.25) is 0 Å². The molecule has 8 heteroatoms. The highest BCUT2D eigenvalue weighted by Gasteiger charge is 2.49. The van der Waals surface area contributed by atoms with Gasteiger partial charge in [0.25, 0.3) is 0 Å². The van der Waals surface area contributed by atoms with Crippen LogP contribution in [0.15, 0.2) is 33.4 Å². The van der Waals surface area contributed by atoms with E-state index in [4.69, 9.17) is 0 Å². The second kappa shape index (κ2) is 5.04. The maximum atomic E-state index is 13.1. The van der Waals surface area contributed by atoms with Crippen LogP contribution in [0.5, 0.6) is 0 Å². The van der Waals surface area contributed by atoms with Gasteiger partial charge in [-0.1, -0.05) is 22.3 Å². The average molecular weight is 394 g/mol. The van der Waals surface area contributed by atoms with Crippen molar-refractivity contribution in [3.63, 3.8) is 0 Å². The van der Waals surface area contributed by atoms with E-state index >= 15 is 0 Å². The van der Waals surface area contributed by atoms with Gasteiger partial charge in [0.2, 0.25) is 0 Å². The molecule has 2 atom stereocenters. The molecule has 0 amide bonds. The summed E-state index contributed by atoms with van der Waals surface area (Å²) in [5, 5.41) is 0. The quantitative estimate of drug-likeness (QED) is 0.561. The van der Waals surface area contributed by atoms with Crippen LogP contribution in [-0.4, -0.2) is 51.4 Å². The molecule has 2 heterocycles. The largest absolute Gasteiger partial charge is 0.294 e. The number of hydrogen-bond donors (Lipinski definition) is 0. The Kier molecular flexibility index (Phi) is 3.22. The summed E-state index contributed by atoms with van der Waals surface area (Å²) in [6, 6.07) is 0. The van der Waals surface area contributed by atoms with Crippen LogP contribution < -0.4 is 0 Å². The summed E-state index contributed by atoms with van der Waals surface area (Å²) in [5.41, 5.74) is 4.16. The van der Waals surface area contributed by atoms with Gasteiger partial charge >= 0.3 is 0 Å². The summed E-state index contributed by atoms with van der Waals surface area (Å²) in [7, 11) is -6.30. The van der Waals surface area contributed by atoms with Crippen molar-refractivity contribution in [1.82, 2.24) is 0 Å². The summed E-state index contributed by atoms with van der Waals surface area (Å²) < 4.78 is 47.7. The van der Waals surface area contributed by atoms with Gasteiger partial charge in [-0.2, -0.15) is 0 Å². The highest BCUT2D eigenvalue weighted by molar-refractivity contribution is 7.92. The van der Waals surface area contributed by atoms with Crippen LogP contribution >= 0.6 is 0 Å². The summed E-state index contributed by atoms with van der Waals surface area (Å²) in [6.07, 6.45) is 1.24. The van der Waals surface area contributed by atoms with Crippen molar-refractivity contribution in [2.24, 2.45) is 11.8 Å². The first-order valence-electron chi connectivity index (χ1n) is 8.74. The predicted octanol–water partition coefficient (Wildman–Crippen LogP) is 0.705. The SMILES string of the molecule is O=C1C2=C(CC3=C(C2)CS(=O)(=O)C3)C(=O)[C@@H]2CC3=C(C[C@H]12)CS(=O)(=O)C3. The molecule has 0 bridgehead atoms. The number of Topliss-reactive ketones (excluding diaryl/α,β-unsaturated/α-hetero) is 2. The van der Waals surface area contributed by atoms with Gasteiger partial charge in [-0.25, -0.2) is 16.8 Å². The van der Waals surface area contributed by atoms with Crippen molar-refractivity contribution in [2.75, 3.05) is 23.0 Å². The maximum Gasteiger partial charge on any atom is 0.163 e. The standard InChI is InChI=1S/C18H18O6S2/c19-17-13-1-9-5-25(21,22)6-10(9)2-14(13)18(20)16-4-12-8-26(23,24)7-11(12)3-15(16)17/h13-14H,1-8H2/t13-,14+. The number of fused-ring (bicyclic) bond motifs is 1. The minimum Gasteiger partial charge on any atom is -0.294 e. The second-order valence-electron chi connectivity index (χ2n) is 8.14. The molecule has 0 radical (unpaired) electrons. The van der Waals surface area contributed by atoms with E-state index in [2.05, 4.69) is 0 Å². The Balaban J connectivity index is 1.49. The first-order valence-corrected chi connectivity index (χ1v) is 12.4. The fraction of sp³-hybridized carbons (Fsp3) is 0.556. The van der Waals surface area contributed by atoms with Gasteiger partial charge in [-0.3, -0.25) is 9.59 Å². The van der Waals surface area contributed by atoms with E-state index in [-0.39, 0.29) is 47.4 Å². The molecule has 0 fully saturated rings. The Morgan fingerprint density at radius 2 is 0.923 bits per heavy atom. The summed E-state index contributed by atoms with van der Waals surface area (Å²) in [6.45, 7) is 0. The van der Waals surface area contributed by atoms with Gasteiger partial charge in [0.05, 0.1) is 23.0 Å². The van der Waals surface area contributed by atoms with Gasteiger partial charge < -0.3 is 0 Å². The van der Waals surface area contributed by atoms with Crippen LogP contribution in [0.1, 0.15) is 25.7 Å². The Bertz CT molecular complexity index is 982. The topological polar surface area (TPSA) is 102 Å². The third-order valence-electron chi connectivity index (χ3n) is 6.41. The number of allylic oxidation sites excluding steroid dienone is 2. The van der Waals surface area contributed by atoms with Gasteiger partial charge in [0.15, 0.2) is 31.2 Å². The van der Waals surface area contributed by atoms with E-state index in [9.17, 15) is 26.4 Å². The lowest BCUT2D eigenvalue weighted by Gasteiger charge is -2.37. The summed E-state index contributed by atoms with van der Waals surface area (Å²) in [4.78, 5) is 26.2. The molecule has 138 valence electrons. The molecule has 26 heavy (non-hydrogen) atoms. The molecule has 0 aromatic carbocycles. The molecule has 0 saturated carbocycles. The van der Waals surface area contributed by atoms with E-state index in [1.807, 2.05) is 0 Å². The molecule has 0 aromatic heterocycles. The number of carbonyl (C=O) groups excluding carboxylic acids is 2. The molecule has 0 aromatic rings. The lowest BCUT2D eigenvalue weighted by atomic mass is 9.63. The smallest absolute Gasteiger partial charge is 0.163 e. The zero-order valence-corrected chi connectivity index (χ0v) is 15.7. The molecule has 3 aliphatic carbocycles. The van der Waals surface area contributed by atoms with E-state index in [0.717, 1.165) is 22.3 Å². The normalized spacial score (nSPS) is 34.6. The van der Waals surface area contributed by atoms with Crippen molar-refractivity contribution >= 4 is 31.2 Å². The van der Waals surface area contributed by atoms with Gasteiger partial charge in [-0.15, -0.1) is 0 Å². The van der Waals surface area contributed by atoms with Crippen LogP contribution in [0.3, 0.4) is 0 Å². The summed E-state index contributed by atoms with van der Waals surface area (Å²) >= 11 is 0.